The van der Waals surface area contributed by atoms with Crippen molar-refractivity contribution in [2.45, 2.75) is 110 Å². The quantitative estimate of drug-likeness (QED) is 0.339. The smallest absolute Gasteiger partial charge is 0.185 e. The van der Waals surface area contributed by atoms with E-state index < -0.39 is 0 Å². The van der Waals surface area contributed by atoms with Gasteiger partial charge in [-0.3, -0.25) is 0 Å². The van der Waals surface area contributed by atoms with Crippen molar-refractivity contribution in [2.24, 2.45) is 5.41 Å². The van der Waals surface area contributed by atoms with Crippen molar-refractivity contribution in [1.29, 1.82) is 0 Å². The number of anilines is 1. The maximum absolute atomic E-state index is 5.01. The average molecular weight is 551 g/mol. The summed E-state index contributed by atoms with van der Waals surface area (Å²) in [6.07, 6.45) is 7.80. The minimum absolute atomic E-state index is 0.245. The first-order chi connectivity index (χ1) is 18.1. The summed E-state index contributed by atoms with van der Waals surface area (Å²) in [5.74, 6) is 0. The zero-order valence-corrected chi connectivity index (χ0v) is 27.0. The molecule has 216 valence electrons. The van der Waals surface area contributed by atoms with Crippen LogP contribution in [0.25, 0.3) is 11.3 Å². The SMILES string of the molecule is C=CC(C)NC(=C)CC(C)(C)C.CNC1CCN(c2nc(-c3ccc4c(c3)C(C)(C)CCC4(C)C)cs2)CC1. The number of nitrogens with one attached hydrogen (secondary N) is 2. The second-order valence-electron chi connectivity index (χ2n) is 14.1. The fourth-order valence-corrected chi connectivity index (χ4v) is 6.61. The predicted molar refractivity (Wildman–Crippen MR) is 173 cm³/mol. The van der Waals surface area contributed by atoms with Gasteiger partial charge in [-0.15, -0.1) is 17.9 Å². The zero-order chi connectivity index (χ0) is 29.0. The van der Waals surface area contributed by atoms with Crippen LogP contribution in [-0.4, -0.2) is 37.2 Å². The molecule has 0 saturated carbocycles. The average Bonchev–Trinajstić information content (AvgIpc) is 3.36. The summed E-state index contributed by atoms with van der Waals surface area (Å²) >= 11 is 1.79. The maximum atomic E-state index is 5.01. The fourth-order valence-electron chi connectivity index (χ4n) is 5.72. The Morgan fingerprint density at radius 3 is 2.31 bits per heavy atom. The summed E-state index contributed by atoms with van der Waals surface area (Å²) in [6, 6.07) is 8.05. The number of rotatable bonds is 7. The van der Waals surface area contributed by atoms with E-state index in [-0.39, 0.29) is 10.8 Å². The molecule has 1 aromatic carbocycles. The molecule has 1 aliphatic carbocycles. The van der Waals surface area contributed by atoms with Crippen LogP contribution in [0.15, 0.2) is 48.5 Å². The molecule has 0 radical (unpaired) electrons. The van der Waals surface area contributed by atoms with Gasteiger partial charge in [0.05, 0.1) is 5.69 Å². The van der Waals surface area contributed by atoms with Crippen LogP contribution in [0, 0.1) is 5.41 Å². The molecule has 1 aromatic heterocycles. The Bertz CT molecular complexity index is 1110. The van der Waals surface area contributed by atoms with E-state index in [1.165, 1.54) is 47.5 Å². The Balaban J connectivity index is 0.000000298. The van der Waals surface area contributed by atoms with E-state index >= 15 is 0 Å². The number of piperidine rings is 1. The van der Waals surface area contributed by atoms with Gasteiger partial charge in [-0.05, 0) is 79.5 Å². The topological polar surface area (TPSA) is 40.2 Å². The van der Waals surface area contributed by atoms with E-state index in [9.17, 15) is 0 Å². The van der Waals surface area contributed by atoms with Gasteiger partial charge in [-0.1, -0.05) is 73.3 Å². The van der Waals surface area contributed by atoms with Crippen LogP contribution >= 0.6 is 11.3 Å². The lowest BCUT2D eigenvalue weighted by Gasteiger charge is -2.42. The van der Waals surface area contributed by atoms with Gasteiger partial charge >= 0.3 is 0 Å². The highest BCUT2D eigenvalue weighted by atomic mass is 32.1. The molecule has 0 bridgehead atoms. The summed E-state index contributed by atoms with van der Waals surface area (Å²) < 4.78 is 0. The Labute approximate surface area is 243 Å². The molecule has 1 aliphatic heterocycles. The van der Waals surface area contributed by atoms with E-state index in [0.717, 1.165) is 30.9 Å². The van der Waals surface area contributed by atoms with Gasteiger partial charge in [0.15, 0.2) is 5.13 Å². The van der Waals surface area contributed by atoms with Gasteiger partial charge in [0.25, 0.3) is 0 Å². The highest BCUT2D eigenvalue weighted by Crippen LogP contribution is 2.47. The van der Waals surface area contributed by atoms with Gasteiger partial charge in [0.2, 0.25) is 0 Å². The van der Waals surface area contributed by atoms with Gasteiger partial charge < -0.3 is 15.5 Å². The lowest BCUT2D eigenvalue weighted by Crippen LogP contribution is -2.41. The number of aromatic nitrogens is 1. The standard InChI is InChI=1S/C23H33N3S.C11H21N/c1-22(2)10-11-23(3,4)19-14-16(6-7-18(19)22)20-15-27-21(25-20)26-12-8-17(24-5)9-13-26;1-7-9(2)12-10(3)8-11(4,5)6/h6-7,14-15,17,24H,8-13H2,1-5H3;7,9,12H,1,3,8H2,2,4-6H3. The summed E-state index contributed by atoms with van der Waals surface area (Å²) in [4.78, 5) is 7.46. The van der Waals surface area contributed by atoms with Crippen LogP contribution in [0.4, 0.5) is 5.13 Å². The van der Waals surface area contributed by atoms with Crippen LogP contribution in [0.3, 0.4) is 0 Å². The normalized spacial score (nSPS) is 19.4. The van der Waals surface area contributed by atoms with E-state index in [2.05, 4.69) is 115 Å². The van der Waals surface area contributed by atoms with E-state index in [4.69, 9.17) is 4.98 Å². The number of thiazole rings is 1. The van der Waals surface area contributed by atoms with Crippen molar-refractivity contribution in [2.75, 3.05) is 25.0 Å². The van der Waals surface area contributed by atoms with Crippen LogP contribution in [-0.2, 0) is 10.8 Å². The molecule has 5 heteroatoms. The lowest BCUT2D eigenvalue weighted by molar-refractivity contribution is 0.332. The number of nitrogens with zero attached hydrogens (tertiary/aromatic N) is 2. The molecule has 1 atom stereocenters. The number of hydrogen-bond acceptors (Lipinski definition) is 5. The summed E-state index contributed by atoms with van der Waals surface area (Å²) in [7, 11) is 2.07. The minimum Gasteiger partial charge on any atom is -0.383 e. The van der Waals surface area contributed by atoms with Gasteiger partial charge in [0, 0.05) is 41.8 Å². The molecule has 0 spiro atoms. The number of fused-ring (bicyclic) bond motifs is 1. The Morgan fingerprint density at radius 2 is 1.74 bits per heavy atom. The highest BCUT2D eigenvalue weighted by Gasteiger charge is 2.37. The molecule has 2 aliphatic rings. The molecule has 0 amide bonds. The van der Waals surface area contributed by atoms with Crippen molar-refractivity contribution in [1.82, 2.24) is 15.6 Å². The van der Waals surface area contributed by atoms with Crippen LogP contribution in [0.1, 0.15) is 98.6 Å². The molecule has 1 unspecified atom stereocenters. The van der Waals surface area contributed by atoms with Crippen molar-refractivity contribution < 1.29 is 0 Å². The number of allylic oxidation sites excluding steroid dienone is 1. The lowest BCUT2D eigenvalue weighted by atomic mass is 9.63. The summed E-state index contributed by atoms with van der Waals surface area (Å²) in [5.41, 5.74) is 7.36. The van der Waals surface area contributed by atoms with Gasteiger partial charge in [0.1, 0.15) is 0 Å². The van der Waals surface area contributed by atoms with Gasteiger partial charge in [-0.25, -0.2) is 4.98 Å². The third kappa shape index (κ3) is 8.44. The van der Waals surface area contributed by atoms with E-state index in [0.29, 0.717) is 17.5 Å². The van der Waals surface area contributed by atoms with Crippen LogP contribution in [0.5, 0.6) is 0 Å². The predicted octanol–water partition coefficient (Wildman–Crippen LogP) is 8.45. The number of hydrogen-bond donors (Lipinski definition) is 2. The molecule has 2 aromatic rings. The van der Waals surface area contributed by atoms with Crippen molar-refractivity contribution >= 4 is 16.5 Å². The molecular weight excluding hydrogens is 496 g/mol. The van der Waals surface area contributed by atoms with Crippen molar-refractivity contribution in [3.05, 3.63) is 59.6 Å². The third-order valence-electron chi connectivity index (χ3n) is 8.34. The summed E-state index contributed by atoms with van der Waals surface area (Å²) in [5, 5.41) is 10.1. The van der Waals surface area contributed by atoms with E-state index in [1.54, 1.807) is 11.3 Å². The fraction of sp³-hybridized carbons (Fsp3) is 0.618. The molecule has 2 heterocycles. The minimum atomic E-state index is 0.245. The second kappa shape index (κ2) is 12.6. The van der Waals surface area contributed by atoms with Crippen LogP contribution < -0.4 is 15.5 Å². The first-order valence-corrected chi connectivity index (χ1v) is 15.6. The first-order valence-electron chi connectivity index (χ1n) is 14.8. The van der Waals surface area contributed by atoms with E-state index in [1.807, 2.05) is 6.08 Å². The maximum Gasteiger partial charge on any atom is 0.185 e. The zero-order valence-electron chi connectivity index (χ0n) is 26.2. The molecule has 1 saturated heterocycles. The number of benzene rings is 1. The molecule has 1 fully saturated rings. The van der Waals surface area contributed by atoms with Crippen LogP contribution in [0.2, 0.25) is 0 Å². The van der Waals surface area contributed by atoms with Crippen molar-refractivity contribution in [3.63, 3.8) is 0 Å². The molecular formula is C34H54N4S. The third-order valence-corrected chi connectivity index (χ3v) is 9.24. The molecule has 4 rings (SSSR count). The second-order valence-corrected chi connectivity index (χ2v) is 14.9. The molecule has 4 nitrogen and oxygen atoms in total. The Morgan fingerprint density at radius 1 is 1.13 bits per heavy atom. The van der Waals surface area contributed by atoms with Gasteiger partial charge in [-0.2, -0.15) is 0 Å². The largest absolute Gasteiger partial charge is 0.383 e. The molecule has 39 heavy (non-hydrogen) atoms. The molecule has 2 N–H and O–H groups in total. The van der Waals surface area contributed by atoms with Crippen molar-refractivity contribution in [3.8, 4) is 11.3 Å². The monoisotopic (exact) mass is 550 g/mol. The first kappa shape index (κ1) is 31.4. The Hall–Kier alpha value is -2.11. The summed E-state index contributed by atoms with van der Waals surface area (Å²) in [6.45, 7) is 28.1. The highest BCUT2D eigenvalue weighted by molar-refractivity contribution is 7.14. The Kier molecular flexibility index (Phi) is 10.1.